The highest BCUT2D eigenvalue weighted by Crippen LogP contribution is 2.25. The van der Waals surface area contributed by atoms with Gasteiger partial charge in [0.1, 0.15) is 12.4 Å². The van der Waals surface area contributed by atoms with Gasteiger partial charge < -0.3 is 14.8 Å². The second-order valence-corrected chi connectivity index (χ2v) is 7.94. The van der Waals surface area contributed by atoms with Crippen LogP contribution in [0, 0.1) is 6.92 Å². The molecule has 0 aliphatic heterocycles. The Morgan fingerprint density at radius 2 is 1.91 bits per heavy atom. The number of aromatic nitrogens is 3. The lowest BCUT2D eigenvalue weighted by Crippen LogP contribution is -2.23. The van der Waals surface area contributed by atoms with E-state index in [1.54, 1.807) is 36.7 Å². The maximum Gasteiger partial charge on any atom is 0.338 e. The maximum atomic E-state index is 13.5. The van der Waals surface area contributed by atoms with Crippen LogP contribution >= 0.6 is 0 Å². The van der Waals surface area contributed by atoms with E-state index in [2.05, 4.69) is 15.3 Å². The molecule has 35 heavy (non-hydrogen) atoms. The summed E-state index contributed by atoms with van der Waals surface area (Å²) in [4.78, 5) is 35.2. The summed E-state index contributed by atoms with van der Waals surface area (Å²) in [6.45, 7) is 1.58. The fraction of sp³-hybridized carbons (Fsp3) is 0.111. The Hall–Kier alpha value is -4.72. The second kappa shape index (κ2) is 9.26. The Bertz CT molecular complexity index is 1630. The summed E-state index contributed by atoms with van der Waals surface area (Å²) in [5.74, 6) is 0.208. The zero-order chi connectivity index (χ0) is 24.4. The van der Waals surface area contributed by atoms with E-state index >= 15 is 0 Å². The van der Waals surface area contributed by atoms with Crippen LogP contribution in [-0.4, -0.2) is 27.4 Å². The van der Waals surface area contributed by atoms with Gasteiger partial charge in [0.15, 0.2) is 11.4 Å². The molecule has 0 radical (unpaired) electrons. The Kier molecular flexibility index (Phi) is 5.85. The second-order valence-electron chi connectivity index (χ2n) is 7.94. The average molecular weight is 466 g/mol. The number of fused-ring (bicyclic) bond motifs is 2. The molecule has 5 aromatic rings. The van der Waals surface area contributed by atoms with Crippen molar-refractivity contribution in [1.82, 2.24) is 14.4 Å². The fourth-order valence-corrected chi connectivity index (χ4v) is 3.87. The van der Waals surface area contributed by atoms with Crippen LogP contribution in [0.1, 0.15) is 21.5 Å². The van der Waals surface area contributed by atoms with Gasteiger partial charge >= 0.3 is 5.97 Å². The lowest BCUT2D eigenvalue weighted by Gasteiger charge is -2.15. The zero-order valence-electron chi connectivity index (χ0n) is 19.2. The number of methoxy groups -OCH3 is 1. The number of anilines is 2. The average Bonchev–Trinajstić information content (AvgIpc) is 2.88. The minimum Gasteiger partial charge on any atom is -0.493 e. The van der Waals surface area contributed by atoms with E-state index in [-0.39, 0.29) is 23.5 Å². The van der Waals surface area contributed by atoms with Crippen LogP contribution in [0.15, 0.2) is 83.9 Å². The van der Waals surface area contributed by atoms with Crippen molar-refractivity contribution in [2.24, 2.45) is 0 Å². The van der Waals surface area contributed by atoms with Gasteiger partial charge in [-0.05, 0) is 55.0 Å². The third-order valence-electron chi connectivity index (χ3n) is 5.71. The normalized spacial score (nSPS) is 10.9. The number of nitrogens with zero attached hydrogens (tertiary/aromatic N) is 3. The van der Waals surface area contributed by atoms with E-state index in [0.29, 0.717) is 22.6 Å². The van der Waals surface area contributed by atoms with E-state index in [1.165, 1.54) is 11.5 Å². The molecule has 0 atom stereocenters. The molecule has 3 aromatic heterocycles. The number of benzene rings is 2. The number of pyridine rings is 2. The van der Waals surface area contributed by atoms with Gasteiger partial charge in [-0.15, -0.1) is 0 Å². The number of hydrogen-bond donors (Lipinski definition) is 1. The predicted octanol–water partition coefficient (Wildman–Crippen LogP) is 4.66. The zero-order valence-corrected chi connectivity index (χ0v) is 19.2. The number of aryl methyl sites for hydroxylation is 1. The summed E-state index contributed by atoms with van der Waals surface area (Å²) in [6.07, 6.45) is 3.33. The smallest absolute Gasteiger partial charge is 0.338 e. The maximum absolute atomic E-state index is 13.5. The molecule has 0 saturated heterocycles. The van der Waals surface area contributed by atoms with Crippen molar-refractivity contribution < 1.29 is 14.3 Å². The van der Waals surface area contributed by atoms with Crippen LogP contribution in [0.3, 0.4) is 0 Å². The molecular weight excluding hydrogens is 444 g/mol. The van der Waals surface area contributed by atoms with Crippen molar-refractivity contribution in [3.8, 4) is 5.75 Å². The van der Waals surface area contributed by atoms with Crippen molar-refractivity contribution in [3.05, 3.63) is 106 Å². The lowest BCUT2D eigenvalue weighted by molar-refractivity contribution is 0.0471. The number of nitrogens with one attached hydrogen (secondary N) is 1. The van der Waals surface area contributed by atoms with Gasteiger partial charge in [0.2, 0.25) is 0 Å². The lowest BCUT2D eigenvalue weighted by atomic mass is 10.1. The quantitative estimate of drug-likeness (QED) is 0.364. The van der Waals surface area contributed by atoms with E-state index in [9.17, 15) is 9.59 Å². The minimum absolute atomic E-state index is 0.212. The van der Waals surface area contributed by atoms with Gasteiger partial charge in [0.05, 0.1) is 23.8 Å². The van der Waals surface area contributed by atoms with E-state index < -0.39 is 5.97 Å². The number of hydrogen-bond acceptors (Lipinski definition) is 7. The van der Waals surface area contributed by atoms with Crippen molar-refractivity contribution in [3.63, 3.8) is 0 Å². The monoisotopic (exact) mass is 466 g/mol. The topological polar surface area (TPSA) is 94.8 Å². The van der Waals surface area contributed by atoms with Crippen LogP contribution in [-0.2, 0) is 11.3 Å². The van der Waals surface area contributed by atoms with Crippen LogP contribution in [0.25, 0.3) is 16.6 Å². The summed E-state index contributed by atoms with van der Waals surface area (Å²) in [5, 5.41) is 4.16. The molecule has 2 aromatic carbocycles. The Labute approximate surface area is 200 Å². The van der Waals surface area contributed by atoms with Crippen molar-refractivity contribution in [2.45, 2.75) is 13.5 Å². The number of carbonyl (C=O) groups excluding carboxylic acids is 1. The molecule has 174 valence electrons. The van der Waals surface area contributed by atoms with Crippen molar-refractivity contribution >= 4 is 34.0 Å². The highest BCUT2D eigenvalue weighted by atomic mass is 16.5. The Morgan fingerprint density at radius 1 is 1.06 bits per heavy atom. The van der Waals surface area contributed by atoms with Gasteiger partial charge in [-0.3, -0.25) is 14.2 Å². The number of esters is 1. The highest BCUT2D eigenvalue weighted by molar-refractivity contribution is 5.91. The minimum atomic E-state index is -0.513. The molecular formula is C27H22N4O4. The van der Waals surface area contributed by atoms with Crippen molar-refractivity contribution in [1.29, 1.82) is 0 Å². The summed E-state index contributed by atoms with van der Waals surface area (Å²) >= 11 is 0. The summed E-state index contributed by atoms with van der Waals surface area (Å²) in [7, 11) is 1.52. The molecule has 5 rings (SSSR count). The molecule has 3 heterocycles. The van der Waals surface area contributed by atoms with Gasteiger partial charge in [-0.1, -0.05) is 24.3 Å². The van der Waals surface area contributed by atoms with Gasteiger partial charge in [0, 0.05) is 23.5 Å². The SMILES string of the molecule is COc1cccn2c(=O)c(COC(=O)c3ccccc3C)c(Nc3ccc4ncccc4c3)nc12. The predicted molar refractivity (Wildman–Crippen MR) is 133 cm³/mol. The molecule has 0 fully saturated rings. The molecule has 0 amide bonds. The molecule has 0 saturated carbocycles. The van der Waals surface area contributed by atoms with Crippen LogP contribution in [0.4, 0.5) is 11.5 Å². The van der Waals surface area contributed by atoms with E-state index in [1.807, 2.05) is 49.4 Å². The summed E-state index contributed by atoms with van der Waals surface area (Å²) < 4.78 is 12.3. The van der Waals surface area contributed by atoms with E-state index in [0.717, 1.165) is 16.5 Å². The van der Waals surface area contributed by atoms with Crippen molar-refractivity contribution in [2.75, 3.05) is 12.4 Å². The Balaban J connectivity index is 1.57. The van der Waals surface area contributed by atoms with Gasteiger partial charge in [-0.25, -0.2) is 9.78 Å². The highest BCUT2D eigenvalue weighted by Gasteiger charge is 2.19. The van der Waals surface area contributed by atoms with Crippen LogP contribution < -0.4 is 15.6 Å². The molecule has 0 unspecified atom stereocenters. The van der Waals surface area contributed by atoms with Gasteiger partial charge in [0.25, 0.3) is 5.56 Å². The first-order chi connectivity index (χ1) is 17.0. The first kappa shape index (κ1) is 22.1. The molecule has 0 aliphatic carbocycles. The number of rotatable bonds is 6. The van der Waals surface area contributed by atoms with Crippen LogP contribution in [0.2, 0.25) is 0 Å². The standard InChI is InChI=1S/C27H22N4O4/c1-17-7-3-4-9-20(17)27(33)35-16-21-24(29-19-11-12-22-18(15-19)8-5-13-28-22)30-25-23(34-2)10-6-14-31(25)26(21)32/h3-15,29H,16H2,1-2H3. The third-order valence-corrected chi connectivity index (χ3v) is 5.71. The Morgan fingerprint density at radius 3 is 2.74 bits per heavy atom. The first-order valence-electron chi connectivity index (χ1n) is 11.0. The molecule has 0 spiro atoms. The molecule has 8 heteroatoms. The molecule has 0 aliphatic rings. The largest absolute Gasteiger partial charge is 0.493 e. The first-order valence-corrected chi connectivity index (χ1v) is 11.0. The molecule has 0 bridgehead atoms. The van der Waals surface area contributed by atoms with Gasteiger partial charge in [-0.2, -0.15) is 0 Å². The molecule has 1 N–H and O–H groups in total. The summed E-state index contributed by atoms with van der Waals surface area (Å²) in [5.41, 5.74) is 2.99. The third kappa shape index (κ3) is 4.29. The van der Waals surface area contributed by atoms with Crippen LogP contribution in [0.5, 0.6) is 5.75 Å². The van der Waals surface area contributed by atoms with E-state index in [4.69, 9.17) is 9.47 Å². The fourth-order valence-electron chi connectivity index (χ4n) is 3.87. The number of carbonyl (C=O) groups is 1. The summed E-state index contributed by atoms with van der Waals surface area (Å²) in [6, 6.07) is 20.0. The number of ether oxygens (including phenoxy) is 2. The molecule has 8 nitrogen and oxygen atoms in total.